The minimum Gasteiger partial charge on any atom is -0.388 e. The molecule has 6 nitrogen and oxygen atoms in total. The average molecular weight is 268 g/mol. The number of nitrogens with one attached hydrogen (secondary N) is 1. The van der Waals surface area contributed by atoms with E-state index in [1.807, 2.05) is 0 Å². The number of carbonyl (C=O) groups is 3. The fourth-order valence-electron chi connectivity index (χ4n) is 2.65. The molecule has 106 valence electrons. The normalized spacial score (nSPS) is 22.1. The van der Waals surface area contributed by atoms with E-state index in [9.17, 15) is 19.5 Å². The second-order valence-electron chi connectivity index (χ2n) is 5.40. The zero-order valence-corrected chi connectivity index (χ0v) is 11.0. The first kappa shape index (κ1) is 14.0. The van der Waals surface area contributed by atoms with Crippen LogP contribution in [0.1, 0.15) is 44.9 Å². The maximum absolute atomic E-state index is 11.6. The summed E-state index contributed by atoms with van der Waals surface area (Å²) in [5, 5.41) is 12.8. The Bertz CT molecular complexity index is 372. The zero-order valence-electron chi connectivity index (χ0n) is 11.0. The number of nitrogens with zero attached hydrogens (tertiary/aromatic N) is 1. The molecule has 6 heteroatoms. The fourth-order valence-corrected chi connectivity index (χ4v) is 2.65. The molecule has 0 aromatic heterocycles. The van der Waals surface area contributed by atoms with Crippen molar-refractivity contribution in [3.8, 4) is 0 Å². The molecule has 0 radical (unpaired) electrons. The monoisotopic (exact) mass is 268 g/mol. The van der Waals surface area contributed by atoms with Crippen molar-refractivity contribution in [3.05, 3.63) is 0 Å². The topological polar surface area (TPSA) is 86.7 Å². The molecule has 1 heterocycles. The summed E-state index contributed by atoms with van der Waals surface area (Å²) >= 11 is 0. The summed E-state index contributed by atoms with van der Waals surface area (Å²) in [4.78, 5) is 35.5. The largest absolute Gasteiger partial charge is 0.388 e. The van der Waals surface area contributed by atoms with E-state index in [0.717, 1.165) is 30.6 Å². The van der Waals surface area contributed by atoms with Gasteiger partial charge in [0.15, 0.2) is 0 Å². The number of hydrogen-bond acceptors (Lipinski definition) is 4. The average Bonchev–Trinajstić information content (AvgIpc) is 2.93. The van der Waals surface area contributed by atoms with Gasteiger partial charge < -0.3 is 10.4 Å². The lowest BCUT2D eigenvalue weighted by molar-refractivity contribution is -0.138. The Balaban J connectivity index is 1.70. The molecule has 19 heavy (non-hydrogen) atoms. The van der Waals surface area contributed by atoms with E-state index in [-0.39, 0.29) is 50.1 Å². The van der Waals surface area contributed by atoms with Crippen LogP contribution >= 0.6 is 0 Å². The Morgan fingerprint density at radius 1 is 1.21 bits per heavy atom. The third-order valence-corrected chi connectivity index (χ3v) is 3.87. The van der Waals surface area contributed by atoms with Gasteiger partial charge in [0, 0.05) is 32.4 Å². The number of amides is 3. The molecule has 2 aliphatic rings. The number of likely N-dealkylation sites (tertiary alicyclic amines) is 1. The summed E-state index contributed by atoms with van der Waals surface area (Å²) in [6.45, 7) is 0.398. The molecule has 0 aromatic rings. The second kappa shape index (κ2) is 5.69. The number of hydrogen-bond donors (Lipinski definition) is 2. The molecule has 0 spiro atoms. The molecule has 1 saturated heterocycles. The molecule has 0 atom stereocenters. The van der Waals surface area contributed by atoms with Gasteiger partial charge in [0.05, 0.1) is 5.60 Å². The number of imide groups is 1. The lowest BCUT2D eigenvalue weighted by Gasteiger charge is -2.22. The third kappa shape index (κ3) is 3.53. The zero-order chi connectivity index (χ0) is 13.9. The molecular formula is C13H20N2O4. The predicted molar refractivity (Wildman–Crippen MR) is 67.0 cm³/mol. The van der Waals surface area contributed by atoms with Crippen molar-refractivity contribution >= 4 is 17.7 Å². The van der Waals surface area contributed by atoms with Crippen LogP contribution in [0.3, 0.4) is 0 Å². The third-order valence-electron chi connectivity index (χ3n) is 3.87. The number of aliphatic hydroxyl groups is 1. The first-order valence-corrected chi connectivity index (χ1v) is 6.82. The van der Waals surface area contributed by atoms with Gasteiger partial charge in [-0.2, -0.15) is 0 Å². The lowest BCUT2D eigenvalue weighted by atomic mass is 10.0. The number of carbonyl (C=O) groups excluding carboxylic acids is 3. The summed E-state index contributed by atoms with van der Waals surface area (Å²) in [5.74, 6) is -0.632. The molecule has 1 aliphatic heterocycles. The predicted octanol–water partition coefficient (Wildman–Crippen LogP) is -0.0532. The molecule has 0 aromatic carbocycles. The Hall–Kier alpha value is -1.43. The fraction of sp³-hybridized carbons (Fsp3) is 0.769. The van der Waals surface area contributed by atoms with Gasteiger partial charge in [-0.25, -0.2) is 0 Å². The van der Waals surface area contributed by atoms with Gasteiger partial charge in [-0.15, -0.1) is 0 Å². The first-order chi connectivity index (χ1) is 9.00. The molecular weight excluding hydrogens is 248 g/mol. The van der Waals surface area contributed by atoms with E-state index in [0.29, 0.717) is 0 Å². The smallest absolute Gasteiger partial charge is 0.229 e. The van der Waals surface area contributed by atoms with Crippen LogP contribution in [-0.4, -0.2) is 46.4 Å². The van der Waals surface area contributed by atoms with Crippen molar-refractivity contribution < 1.29 is 19.5 Å². The van der Waals surface area contributed by atoms with Crippen molar-refractivity contribution in [2.75, 3.05) is 13.1 Å². The van der Waals surface area contributed by atoms with Crippen molar-refractivity contribution in [1.29, 1.82) is 0 Å². The van der Waals surface area contributed by atoms with Crippen molar-refractivity contribution in [2.24, 2.45) is 0 Å². The quantitative estimate of drug-likeness (QED) is 0.684. The minimum atomic E-state index is -0.769. The van der Waals surface area contributed by atoms with Crippen LogP contribution in [0.2, 0.25) is 0 Å². The first-order valence-electron chi connectivity index (χ1n) is 6.82. The highest BCUT2D eigenvalue weighted by Gasteiger charge is 2.32. The van der Waals surface area contributed by atoms with Gasteiger partial charge in [-0.3, -0.25) is 19.3 Å². The highest BCUT2D eigenvalue weighted by atomic mass is 16.3. The van der Waals surface area contributed by atoms with Gasteiger partial charge in [0.1, 0.15) is 0 Å². The maximum Gasteiger partial charge on any atom is 0.229 e. The lowest BCUT2D eigenvalue weighted by Crippen LogP contribution is -2.42. The Labute approximate surface area is 112 Å². The summed E-state index contributed by atoms with van der Waals surface area (Å²) in [6.07, 6.45) is 4.02. The highest BCUT2D eigenvalue weighted by molar-refractivity contribution is 6.02. The maximum atomic E-state index is 11.6. The van der Waals surface area contributed by atoms with Crippen LogP contribution in [-0.2, 0) is 14.4 Å². The van der Waals surface area contributed by atoms with Crippen LogP contribution in [0, 0.1) is 0 Å². The van der Waals surface area contributed by atoms with E-state index < -0.39 is 5.60 Å². The molecule has 0 bridgehead atoms. The van der Waals surface area contributed by atoms with Crippen LogP contribution in [0.4, 0.5) is 0 Å². The molecule has 1 aliphatic carbocycles. The van der Waals surface area contributed by atoms with Crippen molar-refractivity contribution in [1.82, 2.24) is 10.2 Å². The molecule has 2 rings (SSSR count). The molecule has 2 N–H and O–H groups in total. The Morgan fingerprint density at radius 2 is 1.79 bits per heavy atom. The van der Waals surface area contributed by atoms with Crippen molar-refractivity contribution in [2.45, 2.75) is 50.5 Å². The Kier molecular flexibility index (Phi) is 4.19. The van der Waals surface area contributed by atoms with Crippen LogP contribution in [0.25, 0.3) is 0 Å². The van der Waals surface area contributed by atoms with Gasteiger partial charge >= 0.3 is 0 Å². The van der Waals surface area contributed by atoms with Crippen molar-refractivity contribution in [3.63, 3.8) is 0 Å². The number of rotatable bonds is 5. The van der Waals surface area contributed by atoms with Gasteiger partial charge in [-0.1, -0.05) is 12.8 Å². The minimum absolute atomic E-state index is 0.105. The molecule has 2 fully saturated rings. The SMILES string of the molecule is O=C(CCN1C(=O)CCC1=O)NCC1(O)CCCC1. The summed E-state index contributed by atoms with van der Waals surface area (Å²) < 4.78 is 0. The molecule has 1 saturated carbocycles. The Morgan fingerprint density at radius 3 is 2.37 bits per heavy atom. The van der Waals surface area contributed by atoms with Gasteiger partial charge in [0.2, 0.25) is 17.7 Å². The van der Waals surface area contributed by atoms with Crippen LogP contribution in [0.15, 0.2) is 0 Å². The van der Waals surface area contributed by atoms with E-state index in [1.54, 1.807) is 0 Å². The second-order valence-corrected chi connectivity index (χ2v) is 5.40. The van der Waals surface area contributed by atoms with Gasteiger partial charge in [0.25, 0.3) is 0 Å². The molecule has 0 unspecified atom stereocenters. The van der Waals surface area contributed by atoms with E-state index in [1.165, 1.54) is 0 Å². The van der Waals surface area contributed by atoms with Crippen LogP contribution < -0.4 is 5.32 Å². The van der Waals surface area contributed by atoms with Crippen LogP contribution in [0.5, 0.6) is 0 Å². The summed E-state index contributed by atoms with van der Waals surface area (Å²) in [6, 6.07) is 0. The van der Waals surface area contributed by atoms with E-state index >= 15 is 0 Å². The van der Waals surface area contributed by atoms with Gasteiger partial charge in [-0.05, 0) is 12.8 Å². The van der Waals surface area contributed by atoms with E-state index in [4.69, 9.17) is 0 Å². The molecule has 3 amide bonds. The standard InChI is InChI=1S/C13H20N2O4/c16-10(14-9-13(19)6-1-2-7-13)5-8-15-11(17)3-4-12(15)18/h19H,1-9H2,(H,14,16). The highest BCUT2D eigenvalue weighted by Crippen LogP contribution is 2.28. The summed E-state index contributed by atoms with van der Waals surface area (Å²) in [7, 11) is 0. The van der Waals surface area contributed by atoms with E-state index in [2.05, 4.69) is 5.32 Å². The summed E-state index contributed by atoms with van der Waals surface area (Å²) in [5.41, 5.74) is -0.769.